The largest absolute Gasteiger partial charge is 0.315 e. The zero-order valence-electron chi connectivity index (χ0n) is 11.3. The fraction of sp³-hybridized carbons (Fsp3) is 0.786. The Bertz CT molecular complexity index is 450. The molecule has 2 fully saturated rings. The van der Waals surface area contributed by atoms with Gasteiger partial charge >= 0.3 is 4.87 Å². The summed E-state index contributed by atoms with van der Waals surface area (Å²) in [5, 5.41) is 9.28. The van der Waals surface area contributed by atoms with Gasteiger partial charge in [-0.2, -0.15) is 0 Å². The average Bonchev–Trinajstić information content (AvgIpc) is 3.06. The smallest absolute Gasteiger partial charge is 0.304 e. The molecule has 1 aromatic rings. The van der Waals surface area contributed by atoms with Gasteiger partial charge in [0.05, 0.1) is 0 Å². The van der Waals surface area contributed by atoms with E-state index in [1.807, 2.05) is 5.38 Å². The van der Waals surface area contributed by atoms with E-state index in [-0.39, 0.29) is 4.87 Å². The third-order valence-corrected chi connectivity index (χ3v) is 5.28. The number of rotatable bonds is 4. The number of nitrogens with one attached hydrogen (secondary N) is 3. The van der Waals surface area contributed by atoms with Gasteiger partial charge in [-0.15, -0.1) is 0 Å². The fourth-order valence-corrected chi connectivity index (χ4v) is 4.19. The maximum absolute atomic E-state index is 11.1. The molecule has 2 heterocycles. The molecule has 1 aliphatic carbocycles. The van der Waals surface area contributed by atoms with Gasteiger partial charge in [0.2, 0.25) is 0 Å². The number of piperidine rings is 1. The third kappa shape index (κ3) is 3.27. The summed E-state index contributed by atoms with van der Waals surface area (Å²) in [6, 6.07) is 1.31. The lowest BCUT2D eigenvalue weighted by atomic mass is 9.88. The Morgan fingerprint density at radius 1 is 1.26 bits per heavy atom. The summed E-state index contributed by atoms with van der Waals surface area (Å²) in [4.78, 5) is 14.1. The highest BCUT2D eigenvalue weighted by Gasteiger charge is 2.33. The van der Waals surface area contributed by atoms with Crippen LogP contribution in [-0.2, 0) is 6.54 Å². The lowest BCUT2D eigenvalue weighted by molar-refractivity contribution is 0.256. The Morgan fingerprint density at radius 2 is 2.21 bits per heavy atom. The van der Waals surface area contributed by atoms with Crippen molar-refractivity contribution >= 4 is 11.3 Å². The molecule has 0 aromatic carbocycles. The van der Waals surface area contributed by atoms with Crippen LogP contribution in [0.25, 0.3) is 0 Å². The molecular formula is C14H23N3OS. The Hall–Kier alpha value is -0.650. The van der Waals surface area contributed by atoms with Crippen molar-refractivity contribution in [3.8, 4) is 0 Å². The average molecular weight is 281 g/mol. The number of aromatic nitrogens is 1. The van der Waals surface area contributed by atoms with Crippen LogP contribution in [0.15, 0.2) is 10.2 Å². The predicted molar refractivity (Wildman–Crippen MR) is 78.6 cm³/mol. The minimum Gasteiger partial charge on any atom is -0.315 e. The molecule has 2 aliphatic rings. The van der Waals surface area contributed by atoms with Crippen molar-refractivity contribution in [2.45, 2.75) is 57.2 Å². The van der Waals surface area contributed by atoms with Crippen molar-refractivity contribution in [3.05, 3.63) is 20.7 Å². The van der Waals surface area contributed by atoms with Gasteiger partial charge in [-0.3, -0.25) is 4.79 Å². The molecule has 5 heteroatoms. The van der Waals surface area contributed by atoms with Crippen molar-refractivity contribution < 1.29 is 0 Å². The monoisotopic (exact) mass is 281 g/mol. The molecule has 1 saturated heterocycles. The molecule has 0 bridgehead atoms. The zero-order chi connectivity index (χ0) is 13.1. The van der Waals surface area contributed by atoms with Crippen molar-refractivity contribution in [3.63, 3.8) is 0 Å². The number of thiazole rings is 1. The van der Waals surface area contributed by atoms with Crippen molar-refractivity contribution in [1.82, 2.24) is 15.6 Å². The van der Waals surface area contributed by atoms with Crippen LogP contribution in [0.5, 0.6) is 0 Å². The second-order valence-electron chi connectivity index (χ2n) is 5.81. The Balaban J connectivity index is 1.55. The van der Waals surface area contributed by atoms with E-state index in [9.17, 15) is 4.79 Å². The van der Waals surface area contributed by atoms with E-state index in [0.29, 0.717) is 12.1 Å². The predicted octanol–water partition coefficient (Wildman–Crippen LogP) is 1.84. The molecule has 3 N–H and O–H groups in total. The van der Waals surface area contributed by atoms with Crippen molar-refractivity contribution in [2.24, 2.45) is 5.92 Å². The van der Waals surface area contributed by atoms with E-state index in [1.54, 1.807) is 0 Å². The molecular weight excluding hydrogens is 258 g/mol. The van der Waals surface area contributed by atoms with Crippen LogP contribution in [0.3, 0.4) is 0 Å². The molecule has 1 saturated carbocycles. The minimum absolute atomic E-state index is 0.0497. The van der Waals surface area contributed by atoms with Crippen LogP contribution in [0.2, 0.25) is 0 Å². The Morgan fingerprint density at radius 3 is 2.95 bits per heavy atom. The molecule has 19 heavy (non-hydrogen) atoms. The van der Waals surface area contributed by atoms with Crippen LogP contribution < -0.4 is 15.5 Å². The number of H-pyrrole nitrogens is 1. The highest BCUT2D eigenvalue weighted by molar-refractivity contribution is 7.07. The number of hydrogen-bond donors (Lipinski definition) is 3. The number of aromatic amines is 1. The summed E-state index contributed by atoms with van der Waals surface area (Å²) in [6.45, 7) is 1.98. The molecule has 1 aromatic heterocycles. The quantitative estimate of drug-likeness (QED) is 0.789. The second kappa shape index (κ2) is 6.20. The van der Waals surface area contributed by atoms with Crippen LogP contribution in [0, 0.1) is 5.92 Å². The fourth-order valence-electron chi connectivity index (χ4n) is 3.61. The standard InChI is InChI=1S/C14H23N3OS/c18-14-17-10(9-19-14)8-16-13-6-3-4-11(13)12-5-1-2-7-15-12/h9,11-13,15-16H,1-8H2,(H,17,18). The maximum atomic E-state index is 11.1. The van der Waals surface area contributed by atoms with Gasteiger partial charge in [-0.05, 0) is 38.1 Å². The van der Waals surface area contributed by atoms with Gasteiger partial charge in [0.1, 0.15) is 0 Å². The van der Waals surface area contributed by atoms with Gasteiger partial charge in [0.25, 0.3) is 0 Å². The highest BCUT2D eigenvalue weighted by atomic mass is 32.1. The summed E-state index contributed by atoms with van der Waals surface area (Å²) in [5.41, 5.74) is 1.03. The molecule has 4 nitrogen and oxygen atoms in total. The van der Waals surface area contributed by atoms with E-state index in [2.05, 4.69) is 15.6 Å². The van der Waals surface area contributed by atoms with E-state index in [0.717, 1.165) is 18.2 Å². The molecule has 106 valence electrons. The van der Waals surface area contributed by atoms with Crippen molar-refractivity contribution in [1.29, 1.82) is 0 Å². The van der Waals surface area contributed by atoms with Gasteiger partial charge in [-0.1, -0.05) is 24.2 Å². The Labute approximate surface area is 118 Å². The third-order valence-electron chi connectivity index (χ3n) is 4.56. The molecule has 0 amide bonds. The first-order valence-electron chi connectivity index (χ1n) is 7.46. The first-order valence-corrected chi connectivity index (χ1v) is 8.34. The van der Waals surface area contributed by atoms with Crippen LogP contribution in [-0.4, -0.2) is 23.6 Å². The van der Waals surface area contributed by atoms with Crippen LogP contribution >= 0.6 is 11.3 Å². The van der Waals surface area contributed by atoms with Crippen molar-refractivity contribution in [2.75, 3.05) is 6.54 Å². The first-order chi connectivity index (χ1) is 9.33. The summed E-state index contributed by atoms with van der Waals surface area (Å²) < 4.78 is 0. The van der Waals surface area contributed by atoms with E-state index in [1.165, 1.54) is 56.4 Å². The second-order valence-corrected chi connectivity index (χ2v) is 6.65. The van der Waals surface area contributed by atoms with Crippen LogP contribution in [0.1, 0.15) is 44.2 Å². The van der Waals surface area contributed by atoms with E-state index < -0.39 is 0 Å². The summed E-state index contributed by atoms with van der Waals surface area (Å²) in [6.07, 6.45) is 7.99. The zero-order valence-corrected chi connectivity index (χ0v) is 12.1. The molecule has 1 aliphatic heterocycles. The lowest BCUT2D eigenvalue weighted by Crippen LogP contribution is -2.46. The van der Waals surface area contributed by atoms with E-state index in [4.69, 9.17) is 0 Å². The van der Waals surface area contributed by atoms with E-state index >= 15 is 0 Å². The normalized spacial score (nSPS) is 31.7. The molecule has 0 spiro atoms. The van der Waals surface area contributed by atoms with Crippen LogP contribution in [0.4, 0.5) is 0 Å². The molecule has 3 unspecified atom stereocenters. The highest BCUT2D eigenvalue weighted by Crippen LogP contribution is 2.31. The van der Waals surface area contributed by atoms with Gasteiger partial charge in [-0.25, -0.2) is 0 Å². The molecule has 3 atom stereocenters. The molecule has 3 rings (SSSR count). The van der Waals surface area contributed by atoms with Gasteiger partial charge in [0, 0.05) is 29.7 Å². The van der Waals surface area contributed by atoms with Gasteiger partial charge < -0.3 is 15.6 Å². The topological polar surface area (TPSA) is 56.9 Å². The lowest BCUT2D eigenvalue weighted by Gasteiger charge is -2.33. The SMILES string of the molecule is O=c1[nH]c(CNC2CCCC2C2CCCCN2)cs1. The Kier molecular flexibility index (Phi) is 4.35. The summed E-state index contributed by atoms with van der Waals surface area (Å²) >= 11 is 1.25. The maximum Gasteiger partial charge on any atom is 0.304 e. The molecule has 0 radical (unpaired) electrons. The summed E-state index contributed by atoms with van der Waals surface area (Å²) in [5.74, 6) is 0.769. The first kappa shape index (κ1) is 13.3. The van der Waals surface area contributed by atoms with Gasteiger partial charge in [0.15, 0.2) is 0 Å². The minimum atomic E-state index is 0.0497. The summed E-state index contributed by atoms with van der Waals surface area (Å²) in [7, 11) is 0. The number of hydrogen-bond acceptors (Lipinski definition) is 4.